The zero-order valence-electron chi connectivity index (χ0n) is 11.6. The Morgan fingerprint density at radius 2 is 2.10 bits per heavy atom. The van der Waals surface area contributed by atoms with Gasteiger partial charge in [-0.3, -0.25) is 4.79 Å². The van der Waals surface area contributed by atoms with Crippen molar-refractivity contribution >= 4 is 33.2 Å². The highest BCUT2D eigenvalue weighted by atomic mass is 79.9. The normalized spacial score (nSPS) is 10.4. The topological polar surface area (TPSA) is 29.5 Å². The largest absolute Gasteiger partial charge is 0.496 e. The first-order chi connectivity index (χ1) is 9.51. The van der Waals surface area contributed by atoms with Crippen LogP contribution in [0.4, 0.5) is 0 Å². The molecule has 106 valence electrons. The molecular weight excluding hydrogens is 338 g/mol. The van der Waals surface area contributed by atoms with Gasteiger partial charge in [0.25, 0.3) is 5.91 Å². The monoisotopic (exact) mass is 353 g/mol. The van der Waals surface area contributed by atoms with E-state index in [0.29, 0.717) is 6.54 Å². The second-order valence-corrected chi connectivity index (χ2v) is 6.73. The molecule has 0 aliphatic rings. The number of benzene rings is 1. The minimum atomic E-state index is 0.0325. The van der Waals surface area contributed by atoms with Crippen LogP contribution in [0.3, 0.4) is 0 Å². The number of rotatable bonds is 4. The van der Waals surface area contributed by atoms with Gasteiger partial charge >= 0.3 is 0 Å². The highest BCUT2D eigenvalue weighted by molar-refractivity contribution is 9.10. The molecule has 1 aromatic heterocycles. The summed E-state index contributed by atoms with van der Waals surface area (Å²) < 4.78 is 6.31. The van der Waals surface area contributed by atoms with Gasteiger partial charge in [0.05, 0.1) is 12.0 Å². The van der Waals surface area contributed by atoms with E-state index in [2.05, 4.69) is 15.9 Å². The minimum Gasteiger partial charge on any atom is -0.496 e. The first kappa shape index (κ1) is 15.1. The lowest BCUT2D eigenvalue weighted by Crippen LogP contribution is -2.25. The van der Waals surface area contributed by atoms with E-state index in [1.165, 1.54) is 11.3 Å². The molecule has 0 spiro atoms. The molecule has 0 aliphatic heterocycles. The van der Waals surface area contributed by atoms with Crippen LogP contribution < -0.4 is 4.74 Å². The van der Waals surface area contributed by atoms with Gasteiger partial charge in [-0.25, -0.2) is 0 Å². The molecule has 1 heterocycles. The molecule has 0 atom stereocenters. The Morgan fingerprint density at radius 3 is 2.70 bits per heavy atom. The highest BCUT2D eigenvalue weighted by Gasteiger charge is 2.15. The van der Waals surface area contributed by atoms with Crippen LogP contribution in [0, 0.1) is 6.92 Å². The van der Waals surface area contributed by atoms with Crippen LogP contribution in [-0.4, -0.2) is 25.0 Å². The third kappa shape index (κ3) is 3.41. The molecule has 5 heteroatoms. The van der Waals surface area contributed by atoms with Crippen LogP contribution in [0.25, 0.3) is 0 Å². The maximum Gasteiger partial charge on any atom is 0.263 e. The van der Waals surface area contributed by atoms with Crippen molar-refractivity contribution in [3.05, 3.63) is 50.1 Å². The van der Waals surface area contributed by atoms with E-state index in [9.17, 15) is 4.79 Å². The summed E-state index contributed by atoms with van der Waals surface area (Å²) in [4.78, 5) is 15.9. The van der Waals surface area contributed by atoms with Crippen LogP contribution in [-0.2, 0) is 6.54 Å². The fourth-order valence-corrected chi connectivity index (χ4v) is 3.21. The molecule has 0 saturated carbocycles. The highest BCUT2D eigenvalue weighted by Crippen LogP contribution is 2.25. The summed E-state index contributed by atoms with van der Waals surface area (Å²) in [5, 5.41) is 0. The van der Waals surface area contributed by atoms with E-state index in [1.54, 1.807) is 19.1 Å². The number of methoxy groups -OCH3 is 1. The number of halogens is 1. The molecule has 1 aromatic carbocycles. The van der Waals surface area contributed by atoms with Gasteiger partial charge in [0.1, 0.15) is 5.75 Å². The van der Waals surface area contributed by atoms with E-state index in [0.717, 1.165) is 25.5 Å². The second kappa shape index (κ2) is 6.41. The molecule has 20 heavy (non-hydrogen) atoms. The minimum absolute atomic E-state index is 0.0325. The zero-order valence-corrected chi connectivity index (χ0v) is 14.0. The summed E-state index contributed by atoms with van der Waals surface area (Å²) >= 11 is 4.96. The average Bonchev–Trinajstić information content (AvgIpc) is 2.84. The van der Waals surface area contributed by atoms with E-state index in [4.69, 9.17) is 4.74 Å². The number of hydrogen-bond acceptors (Lipinski definition) is 3. The maximum absolute atomic E-state index is 12.3. The lowest BCUT2D eigenvalue weighted by atomic mass is 10.2. The van der Waals surface area contributed by atoms with Crippen LogP contribution in [0.5, 0.6) is 5.75 Å². The van der Waals surface area contributed by atoms with Gasteiger partial charge < -0.3 is 9.64 Å². The first-order valence-electron chi connectivity index (χ1n) is 6.15. The van der Waals surface area contributed by atoms with Gasteiger partial charge in [-0.2, -0.15) is 0 Å². The lowest BCUT2D eigenvalue weighted by molar-refractivity contribution is 0.0789. The van der Waals surface area contributed by atoms with Crippen molar-refractivity contribution in [2.75, 3.05) is 14.2 Å². The molecule has 0 N–H and O–H groups in total. The predicted octanol–water partition coefficient (Wildman–Crippen LogP) is 4.10. The number of ether oxygens (including phenoxy) is 1. The van der Waals surface area contributed by atoms with Gasteiger partial charge in [0.15, 0.2) is 0 Å². The van der Waals surface area contributed by atoms with Crippen LogP contribution >= 0.6 is 27.3 Å². The van der Waals surface area contributed by atoms with E-state index >= 15 is 0 Å². The number of amides is 1. The number of carbonyl (C=O) groups excluding carboxylic acids is 1. The second-order valence-electron chi connectivity index (χ2n) is 4.53. The van der Waals surface area contributed by atoms with Crippen molar-refractivity contribution in [1.82, 2.24) is 4.90 Å². The molecule has 0 aliphatic carbocycles. The Hall–Kier alpha value is -1.33. The Bertz CT molecular complexity index is 624. The van der Waals surface area contributed by atoms with Gasteiger partial charge in [-0.15, -0.1) is 11.3 Å². The SMILES string of the molecule is COc1ccc(Br)cc1CN(C)C(=O)c1ccc(C)s1. The van der Waals surface area contributed by atoms with Crippen molar-refractivity contribution in [3.63, 3.8) is 0 Å². The van der Waals surface area contributed by atoms with Crippen LogP contribution in [0.2, 0.25) is 0 Å². The molecule has 1 amide bonds. The summed E-state index contributed by atoms with van der Waals surface area (Å²) in [6.07, 6.45) is 0. The molecule has 2 aromatic rings. The summed E-state index contributed by atoms with van der Waals surface area (Å²) in [6.45, 7) is 2.51. The van der Waals surface area contributed by atoms with Crippen LogP contribution in [0.15, 0.2) is 34.8 Å². The number of aryl methyl sites for hydroxylation is 1. The smallest absolute Gasteiger partial charge is 0.263 e. The quantitative estimate of drug-likeness (QED) is 0.827. The Kier molecular flexibility index (Phi) is 4.83. The van der Waals surface area contributed by atoms with Crippen molar-refractivity contribution in [3.8, 4) is 5.75 Å². The average molecular weight is 354 g/mol. The molecule has 0 fully saturated rings. The standard InChI is InChI=1S/C15H16BrNO2S/c1-10-4-7-14(20-10)15(18)17(2)9-11-8-12(16)5-6-13(11)19-3/h4-8H,9H2,1-3H3. The van der Waals surface area contributed by atoms with E-state index < -0.39 is 0 Å². The molecule has 0 unspecified atom stereocenters. The molecule has 3 nitrogen and oxygen atoms in total. The van der Waals surface area contributed by atoms with Crippen LogP contribution in [0.1, 0.15) is 20.1 Å². The fraction of sp³-hybridized carbons (Fsp3) is 0.267. The number of thiophene rings is 1. The Morgan fingerprint density at radius 1 is 1.35 bits per heavy atom. The van der Waals surface area contributed by atoms with E-state index in [1.807, 2.05) is 37.3 Å². The molecule has 0 saturated heterocycles. The number of hydrogen-bond donors (Lipinski definition) is 0. The third-order valence-corrected chi connectivity index (χ3v) is 4.43. The Balaban J connectivity index is 2.17. The zero-order chi connectivity index (χ0) is 14.7. The lowest BCUT2D eigenvalue weighted by Gasteiger charge is -2.18. The number of nitrogens with zero attached hydrogens (tertiary/aromatic N) is 1. The third-order valence-electron chi connectivity index (χ3n) is 2.95. The van der Waals surface area contributed by atoms with Crippen molar-refractivity contribution in [2.24, 2.45) is 0 Å². The Labute approximate surface area is 131 Å². The molecular formula is C15H16BrNO2S. The molecule has 2 rings (SSSR count). The van der Waals surface area contributed by atoms with Gasteiger partial charge in [0, 0.05) is 28.5 Å². The fourth-order valence-electron chi connectivity index (χ4n) is 1.94. The first-order valence-corrected chi connectivity index (χ1v) is 7.76. The van der Waals surface area contributed by atoms with Crippen molar-refractivity contribution in [1.29, 1.82) is 0 Å². The summed E-state index contributed by atoms with van der Waals surface area (Å²) in [6, 6.07) is 9.63. The summed E-state index contributed by atoms with van der Waals surface area (Å²) in [5.74, 6) is 0.820. The predicted molar refractivity (Wildman–Crippen MR) is 85.5 cm³/mol. The van der Waals surface area contributed by atoms with Crippen molar-refractivity contribution < 1.29 is 9.53 Å². The molecule has 0 bridgehead atoms. The summed E-state index contributed by atoms with van der Waals surface area (Å²) in [5.41, 5.74) is 0.978. The maximum atomic E-state index is 12.3. The van der Waals surface area contributed by atoms with Gasteiger partial charge in [0.2, 0.25) is 0 Å². The van der Waals surface area contributed by atoms with Crippen molar-refractivity contribution in [2.45, 2.75) is 13.5 Å². The molecule has 0 radical (unpaired) electrons. The summed E-state index contributed by atoms with van der Waals surface area (Å²) in [7, 11) is 3.44. The van der Waals surface area contributed by atoms with Gasteiger partial charge in [-0.05, 0) is 37.3 Å². The van der Waals surface area contributed by atoms with Gasteiger partial charge in [-0.1, -0.05) is 15.9 Å². The number of carbonyl (C=O) groups is 1. The van der Waals surface area contributed by atoms with E-state index in [-0.39, 0.29) is 5.91 Å².